The third-order valence-electron chi connectivity index (χ3n) is 3.31. The molecule has 5 nitrogen and oxygen atoms in total. The highest BCUT2D eigenvalue weighted by molar-refractivity contribution is 5.96. The van der Waals surface area contributed by atoms with Crippen LogP contribution >= 0.6 is 0 Å². The molecule has 0 atom stereocenters. The van der Waals surface area contributed by atoms with Crippen molar-refractivity contribution in [1.82, 2.24) is 5.32 Å². The van der Waals surface area contributed by atoms with Crippen LogP contribution in [0.3, 0.4) is 0 Å². The van der Waals surface area contributed by atoms with E-state index in [0.717, 1.165) is 12.1 Å². The lowest BCUT2D eigenvalue weighted by Gasteiger charge is -2.23. The van der Waals surface area contributed by atoms with Crippen LogP contribution in [0.1, 0.15) is 43.5 Å². The largest absolute Gasteiger partial charge is 0.507 e. The van der Waals surface area contributed by atoms with Crippen LogP contribution in [0.2, 0.25) is 0 Å². The summed E-state index contributed by atoms with van der Waals surface area (Å²) in [5.41, 5.74) is -0.198. The van der Waals surface area contributed by atoms with Gasteiger partial charge in [0, 0.05) is 19.0 Å². The minimum absolute atomic E-state index is 0.0137. The second kappa shape index (κ2) is 7.06. The Balaban J connectivity index is 2.48. The maximum absolute atomic E-state index is 12.8. The first kappa shape index (κ1) is 16.9. The summed E-state index contributed by atoms with van der Waals surface area (Å²) < 4.78 is 12.8. The van der Waals surface area contributed by atoms with Gasteiger partial charge in [0.15, 0.2) is 0 Å². The standard InChI is InChI=1S/C15H20FNO4/c1-15(2,6-5-13(19)20)7-8-17-14(21)11-4-3-10(16)9-12(11)18/h3-4,9,18H,5-8H2,1-2H3,(H,17,21)(H,19,20). The molecule has 1 amide bonds. The lowest BCUT2D eigenvalue weighted by molar-refractivity contribution is -0.137. The Hall–Kier alpha value is -2.11. The summed E-state index contributed by atoms with van der Waals surface area (Å²) >= 11 is 0. The molecule has 1 aromatic carbocycles. The Morgan fingerprint density at radius 3 is 2.52 bits per heavy atom. The van der Waals surface area contributed by atoms with Crippen molar-refractivity contribution in [3.05, 3.63) is 29.6 Å². The number of aliphatic carboxylic acids is 1. The molecule has 0 spiro atoms. The molecule has 6 heteroatoms. The summed E-state index contributed by atoms with van der Waals surface area (Å²) in [6.45, 7) is 4.21. The summed E-state index contributed by atoms with van der Waals surface area (Å²) in [7, 11) is 0. The normalized spacial score (nSPS) is 11.2. The number of phenols is 1. The molecule has 0 saturated heterocycles. The average molecular weight is 297 g/mol. The number of carbonyl (C=O) groups is 2. The molecule has 116 valence electrons. The van der Waals surface area contributed by atoms with Crippen LogP contribution in [0, 0.1) is 11.2 Å². The van der Waals surface area contributed by atoms with Gasteiger partial charge < -0.3 is 15.5 Å². The fourth-order valence-corrected chi connectivity index (χ4v) is 1.88. The Bertz CT molecular complexity index is 528. The van der Waals surface area contributed by atoms with Crippen molar-refractivity contribution in [2.24, 2.45) is 5.41 Å². The molecule has 21 heavy (non-hydrogen) atoms. The maximum Gasteiger partial charge on any atom is 0.303 e. The molecule has 0 unspecified atom stereocenters. The van der Waals surface area contributed by atoms with E-state index in [4.69, 9.17) is 5.11 Å². The molecule has 0 aliphatic carbocycles. The summed E-state index contributed by atoms with van der Waals surface area (Å²) in [6.07, 6.45) is 1.20. The molecule has 0 aromatic heterocycles. The minimum atomic E-state index is -0.844. The highest BCUT2D eigenvalue weighted by atomic mass is 19.1. The molecule has 0 fully saturated rings. The lowest BCUT2D eigenvalue weighted by atomic mass is 9.84. The second-order valence-corrected chi connectivity index (χ2v) is 5.73. The smallest absolute Gasteiger partial charge is 0.303 e. The van der Waals surface area contributed by atoms with E-state index < -0.39 is 23.4 Å². The number of carbonyl (C=O) groups excluding carboxylic acids is 1. The number of amides is 1. The Morgan fingerprint density at radius 2 is 1.95 bits per heavy atom. The van der Waals surface area contributed by atoms with Crippen molar-refractivity contribution in [3.8, 4) is 5.75 Å². The van der Waals surface area contributed by atoms with Crippen molar-refractivity contribution < 1.29 is 24.2 Å². The Morgan fingerprint density at radius 1 is 1.29 bits per heavy atom. The fourth-order valence-electron chi connectivity index (χ4n) is 1.88. The van der Waals surface area contributed by atoms with Crippen LogP contribution in [-0.2, 0) is 4.79 Å². The number of aromatic hydroxyl groups is 1. The molecule has 0 heterocycles. The van der Waals surface area contributed by atoms with Gasteiger partial charge in [-0.25, -0.2) is 4.39 Å². The fraction of sp³-hybridized carbons (Fsp3) is 0.467. The molecular weight excluding hydrogens is 277 g/mol. The van der Waals surface area contributed by atoms with Gasteiger partial charge in [-0.15, -0.1) is 0 Å². The van der Waals surface area contributed by atoms with Gasteiger partial charge in [-0.3, -0.25) is 9.59 Å². The molecule has 1 aromatic rings. The van der Waals surface area contributed by atoms with E-state index in [1.54, 1.807) is 0 Å². The van der Waals surface area contributed by atoms with Crippen LogP contribution in [0.25, 0.3) is 0 Å². The number of rotatable bonds is 7. The summed E-state index contributed by atoms with van der Waals surface area (Å²) in [5.74, 6) is -2.35. The summed E-state index contributed by atoms with van der Waals surface area (Å²) in [6, 6.07) is 3.20. The third-order valence-corrected chi connectivity index (χ3v) is 3.31. The number of nitrogens with one attached hydrogen (secondary N) is 1. The maximum atomic E-state index is 12.8. The van der Waals surface area contributed by atoms with Gasteiger partial charge in [0.25, 0.3) is 5.91 Å². The molecular formula is C15H20FNO4. The zero-order valence-corrected chi connectivity index (χ0v) is 12.1. The van der Waals surface area contributed by atoms with Gasteiger partial charge in [0.2, 0.25) is 0 Å². The molecule has 3 N–H and O–H groups in total. The van der Waals surface area contributed by atoms with Crippen LogP contribution in [0.15, 0.2) is 18.2 Å². The molecule has 0 radical (unpaired) electrons. The first-order valence-electron chi connectivity index (χ1n) is 6.70. The van der Waals surface area contributed by atoms with Crippen molar-refractivity contribution in [1.29, 1.82) is 0 Å². The summed E-state index contributed by atoms with van der Waals surface area (Å²) in [4.78, 5) is 22.4. The lowest BCUT2D eigenvalue weighted by Crippen LogP contribution is -2.28. The monoisotopic (exact) mass is 297 g/mol. The molecule has 0 saturated carbocycles. The number of halogens is 1. The highest BCUT2D eigenvalue weighted by Crippen LogP contribution is 2.26. The van der Waals surface area contributed by atoms with Crippen LogP contribution in [0.4, 0.5) is 4.39 Å². The zero-order chi connectivity index (χ0) is 16.0. The first-order valence-corrected chi connectivity index (χ1v) is 6.70. The number of carboxylic acids is 1. The third kappa shape index (κ3) is 5.81. The second-order valence-electron chi connectivity index (χ2n) is 5.73. The Labute approximate surface area is 122 Å². The van der Waals surface area contributed by atoms with Gasteiger partial charge in [-0.1, -0.05) is 13.8 Å². The quantitative estimate of drug-likeness (QED) is 0.722. The number of phenolic OH excluding ortho intramolecular Hbond substituents is 1. The van der Waals surface area contributed by atoms with Crippen LogP contribution < -0.4 is 5.32 Å². The van der Waals surface area contributed by atoms with Gasteiger partial charge in [-0.2, -0.15) is 0 Å². The Kier molecular flexibility index (Phi) is 5.69. The van der Waals surface area contributed by atoms with E-state index in [1.807, 2.05) is 13.8 Å². The van der Waals surface area contributed by atoms with Crippen molar-refractivity contribution in [2.45, 2.75) is 33.1 Å². The molecule has 0 bridgehead atoms. The average Bonchev–Trinajstić information content (AvgIpc) is 2.36. The highest BCUT2D eigenvalue weighted by Gasteiger charge is 2.20. The molecule has 0 aliphatic rings. The van der Waals surface area contributed by atoms with Crippen LogP contribution in [0.5, 0.6) is 5.75 Å². The van der Waals surface area contributed by atoms with Gasteiger partial charge >= 0.3 is 5.97 Å². The van der Waals surface area contributed by atoms with E-state index in [0.29, 0.717) is 19.4 Å². The number of hydrogen-bond acceptors (Lipinski definition) is 3. The predicted molar refractivity (Wildman–Crippen MR) is 75.7 cm³/mol. The zero-order valence-electron chi connectivity index (χ0n) is 12.1. The molecule has 0 aliphatic heterocycles. The summed E-state index contributed by atoms with van der Waals surface area (Å²) in [5, 5.41) is 20.8. The van der Waals surface area contributed by atoms with E-state index >= 15 is 0 Å². The number of carboxylic acid groups (broad SMARTS) is 1. The predicted octanol–water partition coefficient (Wildman–Crippen LogP) is 2.54. The van der Waals surface area contributed by atoms with E-state index in [-0.39, 0.29) is 17.4 Å². The van der Waals surface area contributed by atoms with Crippen molar-refractivity contribution >= 4 is 11.9 Å². The van der Waals surface area contributed by atoms with E-state index in [9.17, 15) is 19.1 Å². The van der Waals surface area contributed by atoms with E-state index in [1.165, 1.54) is 6.07 Å². The minimum Gasteiger partial charge on any atom is -0.507 e. The van der Waals surface area contributed by atoms with Gasteiger partial charge in [0.05, 0.1) is 5.56 Å². The first-order chi connectivity index (χ1) is 9.71. The van der Waals surface area contributed by atoms with Crippen molar-refractivity contribution in [2.75, 3.05) is 6.54 Å². The number of benzene rings is 1. The van der Waals surface area contributed by atoms with Crippen molar-refractivity contribution in [3.63, 3.8) is 0 Å². The molecule has 1 rings (SSSR count). The van der Waals surface area contributed by atoms with Gasteiger partial charge in [0.1, 0.15) is 11.6 Å². The van der Waals surface area contributed by atoms with Gasteiger partial charge in [-0.05, 0) is 30.4 Å². The SMILES string of the molecule is CC(C)(CCNC(=O)c1ccc(F)cc1O)CCC(=O)O. The topological polar surface area (TPSA) is 86.6 Å². The number of hydrogen-bond donors (Lipinski definition) is 3. The van der Waals surface area contributed by atoms with E-state index in [2.05, 4.69) is 5.32 Å². The van der Waals surface area contributed by atoms with Crippen LogP contribution in [-0.4, -0.2) is 28.6 Å².